The fraction of sp³-hybridized carbons (Fsp3) is 0. The summed E-state index contributed by atoms with van der Waals surface area (Å²) < 4.78 is 54.5. The normalized spacial score (nSPS) is 11.3. The van der Waals surface area contributed by atoms with E-state index in [0.717, 1.165) is 0 Å². The standard InChI is InChI=1S/C14H4F4/c15-9-5-1-3-7-8-4-2-6-10(16)12(8)14(18)13(17)11(7)9/h1-4H. The molecule has 3 aromatic rings. The molecule has 0 aliphatic carbocycles. The van der Waals surface area contributed by atoms with Crippen molar-refractivity contribution in [1.82, 2.24) is 0 Å². The highest BCUT2D eigenvalue weighted by Crippen LogP contribution is 2.33. The first-order valence-electron chi connectivity index (χ1n) is 5.08. The number of rotatable bonds is 0. The molecule has 0 atom stereocenters. The SMILES string of the molecule is Fc1[c]ccc2c1c(F)c(F)c1c(F)[c]ccc12. The Kier molecular flexibility index (Phi) is 2.26. The van der Waals surface area contributed by atoms with Crippen LogP contribution in [0, 0.1) is 35.4 Å². The van der Waals surface area contributed by atoms with Gasteiger partial charge in [-0.2, -0.15) is 0 Å². The summed E-state index contributed by atoms with van der Waals surface area (Å²) in [5.41, 5.74) is 0. The first-order chi connectivity index (χ1) is 8.61. The van der Waals surface area contributed by atoms with Crippen molar-refractivity contribution in [1.29, 1.82) is 0 Å². The van der Waals surface area contributed by atoms with Gasteiger partial charge in [0.2, 0.25) is 0 Å². The van der Waals surface area contributed by atoms with Crippen molar-refractivity contribution < 1.29 is 17.6 Å². The smallest absolute Gasteiger partial charge is 0.170 e. The van der Waals surface area contributed by atoms with Gasteiger partial charge in [-0.15, -0.1) is 0 Å². The van der Waals surface area contributed by atoms with Crippen LogP contribution in [0.4, 0.5) is 17.6 Å². The molecule has 0 bridgehead atoms. The van der Waals surface area contributed by atoms with Gasteiger partial charge in [0.1, 0.15) is 11.6 Å². The molecule has 88 valence electrons. The Hall–Kier alpha value is -2.10. The van der Waals surface area contributed by atoms with Gasteiger partial charge in [-0.1, -0.05) is 24.3 Å². The zero-order valence-electron chi connectivity index (χ0n) is 8.82. The molecule has 0 saturated heterocycles. The van der Waals surface area contributed by atoms with E-state index in [9.17, 15) is 17.6 Å². The average Bonchev–Trinajstić information content (AvgIpc) is 2.35. The molecular formula is C14H4F4. The van der Waals surface area contributed by atoms with Crippen molar-refractivity contribution in [3.8, 4) is 0 Å². The second-order valence-electron chi connectivity index (χ2n) is 3.79. The first kappa shape index (κ1) is 11.0. The van der Waals surface area contributed by atoms with E-state index in [4.69, 9.17) is 0 Å². The van der Waals surface area contributed by atoms with Crippen molar-refractivity contribution in [2.75, 3.05) is 0 Å². The highest BCUT2D eigenvalue weighted by atomic mass is 19.2. The molecule has 3 aromatic carbocycles. The summed E-state index contributed by atoms with van der Waals surface area (Å²) in [4.78, 5) is 0. The van der Waals surface area contributed by atoms with E-state index in [-0.39, 0.29) is 10.8 Å². The Morgan fingerprint density at radius 3 is 1.44 bits per heavy atom. The second-order valence-corrected chi connectivity index (χ2v) is 3.79. The predicted molar refractivity (Wildman–Crippen MR) is 59.0 cm³/mol. The van der Waals surface area contributed by atoms with E-state index in [2.05, 4.69) is 12.1 Å². The molecule has 0 amide bonds. The van der Waals surface area contributed by atoms with Crippen LogP contribution in [0.1, 0.15) is 0 Å². The third kappa shape index (κ3) is 1.32. The molecule has 0 aliphatic rings. The second kappa shape index (κ2) is 3.70. The van der Waals surface area contributed by atoms with Crippen LogP contribution in [0.15, 0.2) is 24.3 Å². The van der Waals surface area contributed by atoms with Crippen LogP contribution in [0.5, 0.6) is 0 Å². The lowest BCUT2D eigenvalue weighted by atomic mass is 10.00. The zero-order valence-corrected chi connectivity index (χ0v) is 8.82. The number of hydrogen-bond donors (Lipinski definition) is 0. The van der Waals surface area contributed by atoms with Crippen molar-refractivity contribution >= 4 is 21.5 Å². The minimum Gasteiger partial charge on any atom is -0.206 e. The average molecular weight is 248 g/mol. The molecule has 0 aliphatic heterocycles. The van der Waals surface area contributed by atoms with Gasteiger partial charge in [0.15, 0.2) is 11.6 Å². The molecule has 0 N–H and O–H groups in total. The predicted octanol–water partition coefficient (Wildman–Crippen LogP) is 4.15. The summed E-state index contributed by atoms with van der Waals surface area (Å²) >= 11 is 0. The molecule has 0 unspecified atom stereocenters. The molecule has 0 nitrogen and oxygen atoms in total. The van der Waals surface area contributed by atoms with E-state index < -0.39 is 34.0 Å². The van der Waals surface area contributed by atoms with E-state index in [1.54, 1.807) is 0 Å². The minimum absolute atomic E-state index is 0.105. The molecule has 4 heteroatoms. The lowest BCUT2D eigenvalue weighted by Gasteiger charge is -2.08. The number of hydrogen-bond acceptors (Lipinski definition) is 0. The fourth-order valence-electron chi connectivity index (χ4n) is 2.04. The fourth-order valence-corrected chi connectivity index (χ4v) is 2.04. The van der Waals surface area contributed by atoms with E-state index in [1.165, 1.54) is 24.3 Å². The number of fused-ring (bicyclic) bond motifs is 3. The van der Waals surface area contributed by atoms with Gasteiger partial charge >= 0.3 is 0 Å². The van der Waals surface area contributed by atoms with Crippen LogP contribution >= 0.6 is 0 Å². The summed E-state index contributed by atoms with van der Waals surface area (Å²) in [6.45, 7) is 0. The molecule has 0 saturated carbocycles. The van der Waals surface area contributed by atoms with E-state index in [0.29, 0.717) is 0 Å². The van der Waals surface area contributed by atoms with Crippen molar-refractivity contribution in [3.05, 3.63) is 59.7 Å². The van der Waals surface area contributed by atoms with Crippen LogP contribution in [0.2, 0.25) is 0 Å². The van der Waals surface area contributed by atoms with Crippen LogP contribution in [-0.4, -0.2) is 0 Å². The lowest BCUT2D eigenvalue weighted by molar-refractivity contribution is 0.514. The highest BCUT2D eigenvalue weighted by molar-refractivity contribution is 6.08. The van der Waals surface area contributed by atoms with E-state index in [1.807, 2.05) is 0 Å². The molecule has 3 rings (SSSR count). The highest BCUT2D eigenvalue weighted by Gasteiger charge is 2.19. The molecular weight excluding hydrogens is 244 g/mol. The monoisotopic (exact) mass is 248 g/mol. The Balaban J connectivity index is 2.72. The van der Waals surface area contributed by atoms with Gasteiger partial charge < -0.3 is 0 Å². The molecule has 2 radical (unpaired) electrons. The van der Waals surface area contributed by atoms with Crippen LogP contribution in [0.25, 0.3) is 21.5 Å². The van der Waals surface area contributed by atoms with Crippen LogP contribution in [0.3, 0.4) is 0 Å². The topological polar surface area (TPSA) is 0 Å². The third-order valence-electron chi connectivity index (χ3n) is 2.82. The van der Waals surface area contributed by atoms with Crippen molar-refractivity contribution in [2.45, 2.75) is 0 Å². The third-order valence-corrected chi connectivity index (χ3v) is 2.82. The Labute approximate surface area is 99.5 Å². The van der Waals surface area contributed by atoms with Crippen molar-refractivity contribution in [2.24, 2.45) is 0 Å². The van der Waals surface area contributed by atoms with Crippen molar-refractivity contribution in [3.63, 3.8) is 0 Å². The maximum Gasteiger partial charge on any atom is 0.170 e. The Morgan fingerprint density at radius 2 is 1.06 bits per heavy atom. The summed E-state index contributed by atoms with van der Waals surface area (Å²) in [7, 11) is 0. The minimum atomic E-state index is -1.41. The molecule has 0 spiro atoms. The molecule has 0 aromatic heterocycles. The van der Waals surface area contributed by atoms with Gasteiger partial charge in [-0.05, 0) is 10.8 Å². The largest absolute Gasteiger partial charge is 0.206 e. The first-order valence-corrected chi connectivity index (χ1v) is 5.08. The van der Waals surface area contributed by atoms with Gasteiger partial charge in [-0.3, -0.25) is 0 Å². The van der Waals surface area contributed by atoms with Gasteiger partial charge in [0.05, 0.1) is 10.8 Å². The van der Waals surface area contributed by atoms with Crippen LogP contribution in [-0.2, 0) is 0 Å². The maximum absolute atomic E-state index is 13.8. The summed E-state index contributed by atoms with van der Waals surface area (Å²) in [5.74, 6) is -4.83. The van der Waals surface area contributed by atoms with E-state index >= 15 is 0 Å². The van der Waals surface area contributed by atoms with Gasteiger partial charge in [0.25, 0.3) is 0 Å². The van der Waals surface area contributed by atoms with Crippen LogP contribution < -0.4 is 0 Å². The zero-order chi connectivity index (χ0) is 12.9. The number of benzene rings is 3. The quantitative estimate of drug-likeness (QED) is 0.414. The summed E-state index contributed by atoms with van der Waals surface area (Å²) in [6.07, 6.45) is 0. The molecule has 18 heavy (non-hydrogen) atoms. The Morgan fingerprint density at radius 1 is 0.667 bits per heavy atom. The summed E-state index contributed by atoms with van der Waals surface area (Å²) in [5, 5.41) is -0.831. The Bertz CT molecular complexity index is 711. The summed E-state index contributed by atoms with van der Waals surface area (Å²) in [6, 6.07) is 9.50. The van der Waals surface area contributed by atoms with Gasteiger partial charge in [0, 0.05) is 12.1 Å². The maximum atomic E-state index is 13.8. The number of halogens is 4. The lowest BCUT2D eigenvalue weighted by Crippen LogP contribution is -1.95. The molecule has 0 heterocycles. The molecule has 0 fully saturated rings. The van der Waals surface area contributed by atoms with Gasteiger partial charge in [-0.25, -0.2) is 17.6 Å².